The van der Waals surface area contributed by atoms with Crippen molar-refractivity contribution in [2.75, 3.05) is 0 Å². The van der Waals surface area contributed by atoms with Gasteiger partial charge in [-0.2, -0.15) is 0 Å². The van der Waals surface area contributed by atoms with E-state index in [2.05, 4.69) is 19.1 Å². The standard InChI is InChI=1S/C11H14O2/c1-9-5-2-3-6-10(9)7-4-8-11(12)13/h2-3,5-6H,4,7-8H2,1H3,(H,12,13). The summed E-state index contributed by atoms with van der Waals surface area (Å²) in [6, 6.07) is 8.09. The van der Waals surface area contributed by atoms with Gasteiger partial charge in [0.05, 0.1) is 0 Å². The van der Waals surface area contributed by atoms with Crippen LogP contribution in [0.25, 0.3) is 0 Å². The number of carbonyl (C=O) groups is 1. The van der Waals surface area contributed by atoms with Crippen molar-refractivity contribution in [2.45, 2.75) is 26.2 Å². The van der Waals surface area contributed by atoms with Crippen LogP contribution in [0.3, 0.4) is 0 Å². The molecule has 1 aromatic carbocycles. The van der Waals surface area contributed by atoms with Gasteiger partial charge in [-0.15, -0.1) is 0 Å². The minimum atomic E-state index is -0.714. The molecule has 1 N–H and O–H groups in total. The van der Waals surface area contributed by atoms with Gasteiger partial charge in [0.2, 0.25) is 0 Å². The number of hydrogen-bond donors (Lipinski definition) is 1. The molecule has 0 aliphatic carbocycles. The monoisotopic (exact) mass is 178 g/mol. The van der Waals surface area contributed by atoms with Gasteiger partial charge in [-0.05, 0) is 30.9 Å². The van der Waals surface area contributed by atoms with Crippen LogP contribution in [0.2, 0.25) is 0 Å². The van der Waals surface area contributed by atoms with Crippen LogP contribution in [0.5, 0.6) is 0 Å². The molecule has 0 saturated carbocycles. The van der Waals surface area contributed by atoms with Crippen molar-refractivity contribution >= 4 is 5.97 Å². The zero-order chi connectivity index (χ0) is 9.68. The van der Waals surface area contributed by atoms with Gasteiger partial charge in [0.15, 0.2) is 0 Å². The second-order valence-electron chi connectivity index (χ2n) is 3.17. The molecule has 1 rings (SSSR count). The quantitative estimate of drug-likeness (QED) is 0.768. The third-order valence-corrected chi connectivity index (χ3v) is 2.10. The summed E-state index contributed by atoms with van der Waals surface area (Å²) in [7, 11) is 0. The molecule has 0 aromatic heterocycles. The van der Waals surface area contributed by atoms with Crippen LogP contribution in [0.4, 0.5) is 0 Å². The molecule has 0 spiro atoms. The lowest BCUT2D eigenvalue weighted by Gasteiger charge is -2.03. The van der Waals surface area contributed by atoms with Crippen LogP contribution in [0.15, 0.2) is 24.3 Å². The third-order valence-electron chi connectivity index (χ3n) is 2.10. The first-order valence-electron chi connectivity index (χ1n) is 4.46. The molecular formula is C11H14O2. The summed E-state index contributed by atoms with van der Waals surface area (Å²) < 4.78 is 0. The summed E-state index contributed by atoms with van der Waals surface area (Å²) in [5, 5.41) is 8.46. The lowest BCUT2D eigenvalue weighted by molar-refractivity contribution is -0.137. The molecule has 70 valence electrons. The van der Waals surface area contributed by atoms with Gasteiger partial charge in [-0.25, -0.2) is 0 Å². The van der Waals surface area contributed by atoms with E-state index >= 15 is 0 Å². The fourth-order valence-electron chi connectivity index (χ4n) is 1.32. The third kappa shape index (κ3) is 3.28. The molecule has 0 saturated heterocycles. The summed E-state index contributed by atoms with van der Waals surface area (Å²) in [5.74, 6) is -0.714. The Bertz CT molecular complexity index is 292. The average molecular weight is 178 g/mol. The Morgan fingerprint density at radius 3 is 2.69 bits per heavy atom. The molecule has 0 aliphatic heterocycles. The first-order chi connectivity index (χ1) is 6.20. The molecule has 0 aliphatic rings. The lowest BCUT2D eigenvalue weighted by atomic mass is 10.0. The fourth-order valence-corrected chi connectivity index (χ4v) is 1.32. The van der Waals surface area contributed by atoms with Crippen molar-refractivity contribution in [1.29, 1.82) is 0 Å². The number of aliphatic carboxylic acids is 1. The zero-order valence-electron chi connectivity index (χ0n) is 7.79. The maximum atomic E-state index is 10.3. The van der Waals surface area contributed by atoms with Crippen LogP contribution < -0.4 is 0 Å². The maximum Gasteiger partial charge on any atom is 0.303 e. The summed E-state index contributed by atoms with van der Waals surface area (Å²) in [5.41, 5.74) is 2.50. The average Bonchev–Trinajstić information content (AvgIpc) is 2.08. The molecule has 0 radical (unpaired) electrons. The number of hydrogen-bond acceptors (Lipinski definition) is 1. The molecule has 0 bridgehead atoms. The minimum absolute atomic E-state index is 0.258. The highest BCUT2D eigenvalue weighted by Gasteiger charge is 1.99. The molecule has 0 heterocycles. The molecule has 0 fully saturated rings. The van der Waals surface area contributed by atoms with Gasteiger partial charge in [0.1, 0.15) is 0 Å². The molecule has 2 heteroatoms. The first kappa shape index (κ1) is 9.78. The first-order valence-corrected chi connectivity index (χ1v) is 4.46. The fraction of sp³-hybridized carbons (Fsp3) is 0.364. The van der Waals surface area contributed by atoms with Crippen molar-refractivity contribution in [3.63, 3.8) is 0 Å². The number of benzene rings is 1. The Morgan fingerprint density at radius 2 is 2.08 bits per heavy atom. The molecular weight excluding hydrogens is 164 g/mol. The summed E-state index contributed by atoms with van der Waals surface area (Å²) >= 11 is 0. The van der Waals surface area contributed by atoms with Crippen LogP contribution in [0, 0.1) is 6.92 Å². The minimum Gasteiger partial charge on any atom is -0.481 e. The maximum absolute atomic E-state index is 10.3. The number of aryl methyl sites for hydroxylation is 2. The second kappa shape index (κ2) is 4.65. The topological polar surface area (TPSA) is 37.3 Å². The van der Waals surface area contributed by atoms with Gasteiger partial charge < -0.3 is 5.11 Å². The zero-order valence-corrected chi connectivity index (χ0v) is 7.79. The highest BCUT2D eigenvalue weighted by Crippen LogP contribution is 2.10. The molecule has 13 heavy (non-hydrogen) atoms. The summed E-state index contributed by atoms with van der Waals surface area (Å²) in [4.78, 5) is 10.3. The van der Waals surface area contributed by atoms with E-state index in [0.29, 0.717) is 0 Å². The Labute approximate surface area is 78.2 Å². The van der Waals surface area contributed by atoms with Gasteiger partial charge >= 0.3 is 5.97 Å². The Morgan fingerprint density at radius 1 is 1.38 bits per heavy atom. The van der Waals surface area contributed by atoms with Gasteiger partial charge in [0, 0.05) is 6.42 Å². The van der Waals surface area contributed by atoms with Crippen molar-refractivity contribution in [3.05, 3.63) is 35.4 Å². The van der Waals surface area contributed by atoms with E-state index in [0.717, 1.165) is 12.8 Å². The molecule has 1 aromatic rings. The summed E-state index contributed by atoms with van der Waals surface area (Å²) in [6.45, 7) is 2.05. The van der Waals surface area contributed by atoms with Crippen LogP contribution in [-0.2, 0) is 11.2 Å². The van der Waals surface area contributed by atoms with Crippen molar-refractivity contribution in [3.8, 4) is 0 Å². The molecule has 2 nitrogen and oxygen atoms in total. The number of rotatable bonds is 4. The molecule has 0 amide bonds. The number of carboxylic acid groups (broad SMARTS) is 1. The van der Waals surface area contributed by atoms with Gasteiger partial charge in [0.25, 0.3) is 0 Å². The van der Waals surface area contributed by atoms with E-state index in [9.17, 15) is 4.79 Å². The lowest BCUT2D eigenvalue weighted by Crippen LogP contribution is -1.96. The summed E-state index contributed by atoms with van der Waals surface area (Å²) in [6.07, 6.45) is 1.84. The SMILES string of the molecule is Cc1ccccc1CCCC(=O)O. The Balaban J connectivity index is 2.45. The normalized spacial score (nSPS) is 9.92. The van der Waals surface area contributed by atoms with E-state index in [-0.39, 0.29) is 6.42 Å². The van der Waals surface area contributed by atoms with Crippen molar-refractivity contribution in [2.24, 2.45) is 0 Å². The highest BCUT2D eigenvalue weighted by molar-refractivity contribution is 5.66. The van der Waals surface area contributed by atoms with Gasteiger partial charge in [-0.1, -0.05) is 24.3 Å². The van der Waals surface area contributed by atoms with Crippen LogP contribution >= 0.6 is 0 Å². The Hall–Kier alpha value is -1.31. The van der Waals surface area contributed by atoms with E-state index in [1.165, 1.54) is 11.1 Å². The van der Waals surface area contributed by atoms with E-state index in [1.807, 2.05) is 12.1 Å². The number of carboxylic acids is 1. The van der Waals surface area contributed by atoms with Crippen LogP contribution in [0.1, 0.15) is 24.0 Å². The highest BCUT2D eigenvalue weighted by atomic mass is 16.4. The molecule has 0 atom stereocenters. The predicted molar refractivity (Wildman–Crippen MR) is 51.8 cm³/mol. The molecule has 0 unspecified atom stereocenters. The van der Waals surface area contributed by atoms with Crippen molar-refractivity contribution < 1.29 is 9.90 Å². The van der Waals surface area contributed by atoms with E-state index < -0.39 is 5.97 Å². The predicted octanol–water partition coefficient (Wildman–Crippen LogP) is 2.40. The second-order valence-corrected chi connectivity index (χ2v) is 3.17. The van der Waals surface area contributed by atoms with E-state index in [1.54, 1.807) is 0 Å². The Kier molecular flexibility index (Phi) is 3.50. The largest absolute Gasteiger partial charge is 0.481 e. The van der Waals surface area contributed by atoms with E-state index in [4.69, 9.17) is 5.11 Å². The van der Waals surface area contributed by atoms with Crippen molar-refractivity contribution in [1.82, 2.24) is 0 Å². The smallest absolute Gasteiger partial charge is 0.303 e. The van der Waals surface area contributed by atoms with Gasteiger partial charge in [-0.3, -0.25) is 4.79 Å². The van der Waals surface area contributed by atoms with Crippen LogP contribution in [-0.4, -0.2) is 11.1 Å².